The van der Waals surface area contributed by atoms with Crippen molar-refractivity contribution in [2.75, 3.05) is 10.6 Å². The van der Waals surface area contributed by atoms with E-state index in [4.69, 9.17) is 5.11 Å². The van der Waals surface area contributed by atoms with Crippen LogP contribution in [0.2, 0.25) is 0 Å². The van der Waals surface area contributed by atoms with Crippen molar-refractivity contribution in [3.8, 4) is 0 Å². The van der Waals surface area contributed by atoms with Crippen molar-refractivity contribution < 1.29 is 19.5 Å². The van der Waals surface area contributed by atoms with Crippen LogP contribution in [0, 0.1) is 13.8 Å². The predicted molar refractivity (Wildman–Crippen MR) is 131 cm³/mol. The number of aryl methyl sites for hydroxylation is 2. The topological polar surface area (TPSA) is 95.5 Å². The summed E-state index contributed by atoms with van der Waals surface area (Å²) >= 11 is 1.36. The molecule has 0 radical (unpaired) electrons. The second kappa shape index (κ2) is 11.2. The van der Waals surface area contributed by atoms with Crippen molar-refractivity contribution in [1.82, 2.24) is 0 Å². The molecule has 0 aliphatic rings. The number of nitrogens with one attached hydrogen (secondary N) is 2. The van der Waals surface area contributed by atoms with Gasteiger partial charge in [0.05, 0.1) is 0 Å². The van der Waals surface area contributed by atoms with Crippen LogP contribution in [-0.2, 0) is 14.4 Å². The van der Waals surface area contributed by atoms with Crippen LogP contribution in [0.25, 0.3) is 0 Å². The normalized spacial score (nSPS) is 11.7. The summed E-state index contributed by atoms with van der Waals surface area (Å²) in [7, 11) is 0. The van der Waals surface area contributed by atoms with Gasteiger partial charge in [-0.25, -0.2) is 4.79 Å². The number of hydrogen-bond donors (Lipinski definition) is 3. The second-order valence-electron chi connectivity index (χ2n) is 7.40. The van der Waals surface area contributed by atoms with E-state index < -0.39 is 17.1 Å². The lowest BCUT2D eigenvalue weighted by atomic mass is 10.1. The number of aliphatic carboxylic acids is 1. The number of anilines is 2. The Hall–Kier alpha value is -3.84. The number of carboxylic acid groups (broad SMARTS) is 1. The van der Waals surface area contributed by atoms with E-state index in [1.807, 2.05) is 68.4 Å². The van der Waals surface area contributed by atoms with Gasteiger partial charge in [-0.1, -0.05) is 54.1 Å². The smallest absolute Gasteiger partial charge is 0.328 e. The Bertz CT molecular complexity index is 1190. The van der Waals surface area contributed by atoms with Crippen LogP contribution >= 0.6 is 11.8 Å². The molecular formula is C26H24N2O4S. The molecule has 6 nitrogen and oxygen atoms in total. The minimum absolute atomic E-state index is 0.156. The molecule has 0 aliphatic heterocycles. The monoisotopic (exact) mass is 460 g/mol. The van der Waals surface area contributed by atoms with Crippen LogP contribution in [0.5, 0.6) is 0 Å². The van der Waals surface area contributed by atoms with E-state index >= 15 is 0 Å². The summed E-state index contributed by atoms with van der Waals surface area (Å²) in [5.74, 6) is -1.90. The SMILES string of the molecule is Cc1ccc(NC(=O)C(Sc2cccc(NC(=O)/C=C/C(=O)O)c2)c2ccccc2)c(C)c1. The van der Waals surface area contributed by atoms with E-state index in [1.165, 1.54) is 11.8 Å². The first-order valence-corrected chi connectivity index (χ1v) is 11.1. The molecule has 1 unspecified atom stereocenters. The highest BCUT2D eigenvalue weighted by Gasteiger charge is 2.23. The van der Waals surface area contributed by atoms with Gasteiger partial charge in [0.2, 0.25) is 11.8 Å². The molecule has 3 aromatic rings. The molecule has 0 heterocycles. The largest absolute Gasteiger partial charge is 0.478 e. The number of amides is 2. The van der Waals surface area contributed by atoms with E-state index in [9.17, 15) is 14.4 Å². The molecule has 33 heavy (non-hydrogen) atoms. The molecular weight excluding hydrogens is 436 g/mol. The number of thioether (sulfide) groups is 1. The van der Waals surface area contributed by atoms with Gasteiger partial charge >= 0.3 is 5.97 Å². The van der Waals surface area contributed by atoms with E-state index in [2.05, 4.69) is 10.6 Å². The standard InChI is InChI=1S/C26H24N2O4S/c1-17-11-12-22(18(2)15-17)28-26(32)25(19-7-4-3-5-8-19)33-21-10-6-9-20(16-21)27-23(29)13-14-24(30)31/h3-16,25H,1-2H3,(H,27,29)(H,28,32)(H,30,31)/b14-13+. The fourth-order valence-electron chi connectivity index (χ4n) is 3.17. The number of carbonyl (C=O) groups excluding carboxylic acids is 2. The molecule has 0 aliphatic carbocycles. The molecule has 7 heteroatoms. The molecule has 0 saturated carbocycles. The van der Waals surface area contributed by atoms with Gasteiger partial charge in [0.25, 0.3) is 0 Å². The van der Waals surface area contributed by atoms with Gasteiger partial charge in [-0.2, -0.15) is 0 Å². The van der Waals surface area contributed by atoms with Crippen molar-refractivity contribution in [1.29, 1.82) is 0 Å². The van der Waals surface area contributed by atoms with Gasteiger partial charge in [0.15, 0.2) is 0 Å². The van der Waals surface area contributed by atoms with E-state index in [-0.39, 0.29) is 5.91 Å². The van der Waals surface area contributed by atoms with Crippen molar-refractivity contribution in [2.45, 2.75) is 24.0 Å². The summed E-state index contributed by atoms with van der Waals surface area (Å²) in [6, 6.07) is 22.4. The third-order valence-electron chi connectivity index (χ3n) is 4.71. The predicted octanol–water partition coefficient (Wildman–Crippen LogP) is 5.35. The van der Waals surface area contributed by atoms with Crippen LogP contribution in [0.3, 0.4) is 0 Å². The van der Waals surface area contributed by atoms with Crippen molar-refractivity contribution >= 4 is 40.9 Å². The van der Waals surface area contributed by atoms with Crippen LogP contribution < -0.4 is 10.6 Å². The zero-order valence-electron chi connectivity index (χ0n) is 18.2. The maximum Gasteiger partial charge on any atom is 0.328 e. The van der Waals surface area contributed by atoms with Crippen LogP contribution in [0.15, 0.2) is 89.8 Å². The van der Waals surface area contributed by atoms with Crippen LogP contribution in [0.4, 0.5) is 11.4 Å². The highest BCUT2D eigenvalue weighted by Crippen LogP contribution is 2.37. The molecule has 0 aromatic heterocycles. The maximum atomic E-state index is 13.3. The summed E-state index contributed by atoms with van der Waals surface area (Å²) in [6.07, 6.45) is 1.73. The number of rotatable bonds is 8. The Labute approximate surface area is 196 Å². The van der Waals surface area contributed by atoms with E-state index in [0.29, 0.717) is 5.69 Å². The van der Waals surface area contributed by atoms with Crippen LogP contribution in [-0.4, -0.2) is 22.9 Å². The van der Waals surface area contributed by atoms with Gasteiger partial charge in [-0.3, -0.25) is 9.59 Å². The molecule has 0 fully saturated rings. The van der Waals surface area contributed by atoms with Crippen molar-refractivity contribution in [3.63, 3.8) is 0 Å². The quantitative estimate of drug-likeness (QED) is 0.311. The summed E-state index contributed by atoms with van der Waals surface area (Å²) in [6.45, 7) is 3.96. The minimum Gasteiger partial charge on any atom is -0.478 e. The van der Waals surface area contributed by atoms with E-state index in [0.717, 1.165) is 39.4 Å². The number of carboxylic acids is 1. The molecule has 1 atom stereocenters. The third kappa shape index (κ3) is 7.08. The molecule has 2 amide bonds. The van der Waals surface area contributed by atoms with Crippen LogP contribution in [0.1, 0.15) is 21.9 Å². The first-order chi connectivity index (χ1) is 15.8. The van der Waals surface area contributed by atoms with Gasteiger partial charge in [0, 0.05) is 28.4 Å². The molecule has 0 spiro atoms. The third-order valence-corrected chi connectivity index (χ3v) is 5.96. The van der Waals surface area contributed by atoms with Gasteiger partial charge < -0.3 is 15.7 Å². The Morgan fingerprint density at radius 3 is 2.33 bits per heavy atom. The van der Waals surface area contributed by atoms with Crippen molar-refractivity contribution in [3.05, 3.63) is 102 Å². The highest BCUT2D eigenvalue weighted by molar-refractivity contribution is 8.00. The zero-order valence-corrected chi connectivity index (χ0v) is 19.1. The van der Waals surface area contributed by atoms with Gasteiger partial charge in [-0.05, 0) is 49.2 Å². The lowest BCUT2D eigenvalue weighted by Crippen LogP contribution is -2.19. The van der Waals surface area contributed by atoms with E-state index in [1.54, 1.807) is 18.2 Å². The summed E-state index contributed by atoms with van der Waals surface area (Å²) < 4.78 is 0. The Balaban J connectivity index is 1.82. The first kappa shape index (κ1) is 23.8. The average Bonchev–Trinajstić information content (AvgIpc) is 2.79. The number of hydrogen-bond acceptors (Lipinski definition) is 4. The lowest BCUT2D eigenvalue weighted by Gasteiger charge is -2.18. The molecule has 0 saturated heterocycles. The van der Waals surface area contributed by atoms with Crippen molar-refractivity contribution in [2.24, 2.45) is 0 Å². The average molecular weight is 461 g/mol. The Morgan fingerprint density at radius 2 is 1.64 bits per heavy atom. The zero-order chi connectivity index (χ0) is 23.8. The molecule has 0 bridgehead atoms. The Morgan fingerprint density at radius 1 is 0.879 bits per heavy atom. The fraction of sp³-hybridized carbons (Fsp3) is 0.115. The summed E-state index contributed by atoms with van der Waals surface area (Å²) in [5.41, 5.74) is 4.22. The molecule has 168 valence electrons. The number of benzene rings is 3. The highest BCUT2D eigenvalue weighted by atomic mass is 32.2. The Kier molecular flexibility index (Phi) is 8.05. The van der Waals surface area contributed by atoms with Gasteiger partial charge in [-0.15, -0.1) is 11.8 Å². The van der Waals surface area contributed by atoms with Gasteiger partial charge in [0.1, 0.15) is 5.25 Å². The molecule has 3 N–H and O–H groups in total. The maximum absolute atomic E-state index is 13.3. The summed E-state index contributed by atoms with van der Waals surface area (Å²) in [5, 5.41) is 13.8. The summed E-state index contributed by atoms with van der Waals surface area (Å²) in [4.78, 5) is 36.6. The minimum atomic E-state index is -1.20. The number of carbonyl (C=O) groups is 3. The molecule has 3 rings (SSSR count). The lowest BCUT2D eigenvalue weighted by molar-refractivity contribution is -0.131. The second-order valence-corrected chi connectivity index (χ2v) is 8.58. The fourth-order valence-corrected chi connectivity index (χ4v) is 4.25. The molecule has 3 aromatic carbocycles. The first-order valence-electron chi connectivity index (χ1n) is 10.2.